The lowest BCUT2D eigenvalue weighted by atomic mass is 10.1. The fourth-order valence-corrected chi connectivity index (χ4v) is 3.36. The summed E-state index contributed by atoms with van der Waals surface area (Å²) in [5.74, 6) is -0.537. The fourth-order valence-electron chi connectivity index (χ4n) is 2.38. The van der Waals surface area contributed by atoms with Gasteiger partial charge < -0.3 is 5.11 Å². The maximum atomic E-state index is 11.7. The van der Waals surface area contributed by atoms with Gasteiger partial charge in [0, 0.05) is 19.2 Å². The van der Waals surface area contributed by atoms with E-state index in [1.165, 1.54) is 16.8 Å². The third kappa shape index (κ3) is 4.08. The number of carboxylic acid groups (broad SMARTS) is 1. The highest BCUT2D eigenvalue weighted by molar-refractivity contribution is 7.92. The molecule has 0 saturated carbocycles. The van der Waals surface area contributed by atoms with Crippen LogP contribution in [0.4, 0.5) is 5.69 Å². The molecular formula is C16H19N3O4S. The van der Waals surface area contributed by atoms with Gasteiger partial charge >= 0.3 is 5.97 Å². The molecule has 0 aliphatic rings. The van der Waals surface area contributed by atoms with E-state index in [-0.39, 0.29) is 5.56 Å². The molecular weight excluding hydrogens is 330 g/mol. The van der Waals surface area contributed by atoms with E-state index in [9.17, 15) is 13.2 Å². The number of hydrogen-bond donors (Lipinski definition) is 1. The molecule has 0 aliphatic carbocycles. The van der Waals surface area contributed by atoms with E-state index >= 15 is 0 Å². The van der Waals surface area contributed by atoms with Gasteiger partial charge in [-0.2, -0.15) is 0 Å². The van der Waals surface area contributed by atoms with Crippen molar-refractivity contribution in [1.29, 1.82) is 0 Å². The lowest BCUT2D eigenvalue weighted by molar-refractivity contribution is 0.0695. The van der Waals surface area contributed by atoms with Gasteiger partial charge in [-0.3, -0.25) is 4.31 Å². The minimum atomic E-state index is -3.31. The molecule has 0 fully saturated rings. The monoisotopic (exact) mass is 349 g/mol. The molecule has 0 unspecified atom stereocenters. The summed E-state index contributed by atoms with van der Waals surface area (Å²) in [5, 5.41) is 8.98. The Kier molecular flexibility index (Phi) is 5.18. The predicted octanol–water partition coefficient (Wildman–Crippen LogP) is 1.86. The number of benzene rings is 1. The Bertz CT molecular complexity index is 848. The second-order valence-corrected chi connectivity index (χ2v) is 7.27. The summed E-state index contributed by atoms with van der Waals surface area (Å²) < 4.78 is 24.8. The minimum absolute atomic E-state index is 0.0841. The van der Waals surface area contributed by atoms with Gasteiger partial charge in [0.25, 0.3) is 0 Å². The molecule has 7 nitrogen and oxygen atoms in total. The minimum Gasteiger partial charge on any atom is -0.478 e. The summed E-state index contributed by atoms with van der Waals surface area (Å²) in [6, 6.07) is 7.09. The molecule has 0 aliphatic heterocycles. The van der Waals surface area contributed by atoms with Gasteiger partial charge in [-0.1, -0.05) is 12.1 Å². The van der Waals surface area contributed by atoms with Crippen LogP contribution in [0.15, 0.2) is 30.5 Å². The van der Waals surface area contributed by atoms with Crippen LogP contribution in [0.3, 0.4) is 0 Å². The van der Waals surface area contributed by atoms with Crippen LogP contribution < -0.4 is 4.31 Å². The molecule has 1 aromatic heterocycles. The molecule has 2 aromatic rings. The van der Waals surface area contributed by atoms with E-state index in [0.29, 0.717) is 30.2 Å². The number of carboxylic acids is 1. The van der Waals surface area contributed by atoms with Gasteiger partial charge in [-0.25, -0.2) is 23.2 Å². The zero-order chi connectivity index (χ0) is 17.9. The van der Waals surface area contributed by atoms with Crippen LogP contribution in [0, 0.1) is 6.92 Å². The lowest BCUT2D eigenvalue weighted by Crippen LogP contribution is -2.29. The molecule has 1 aromatic carbocycles. The Morgan fingerprint density at radius 1 is 1.25 bits per heavy atom. The Morgan fingerprint density at radius 2 is 1.88 bits per heavy atom. The summed E-state index contributed by atoms with van der Waals surface area (Å²) in [5.41, 5.74) is 2.01. The number of aromatic nitrogens is 2. The van der Waals surface area contributed by atoms with E-state index in [2.05, 4.69) is 9.97 Å². The van der Waals surface area contributed by atoms with Crippen LogP contribution in [-0.4, -0.2) is 42.3 Å². The van der Waals surface area contributed by atoms with Crippen molar-refractivity contribution in [2.75, 3.05) is 17.1 Å². The Labute approximate surface area is 141 Å². The van der Waals surface area contributed by atoms with Crippen LogP contribution in [0.25, 0.3) is 0 Å². The smallest absolute Gasteiger partial charge is 0.339 e. The molecule has 128 valence electrons. The highest BCUT2D eigenvalue weighted by atomic mass is 32.2. The second kappa shape index (κ2) is 6.96. The number of aromatic carboxylic acids is 1. The number of rotatable bonds is 6. The summed E-state index contributed by atoms with van der Waals surface area (Å²) >= 11 is 0. The normalized spacial score (nSPS) is 11.3. The van der Waals surface area contributed by atoms with Gasteiger partial charge in [-0.05, 0) is 31.5 Å². The molecule has 1 N–H and O–H groups in total. The Hall–Kier alpha value is -2.48. The highest BCUT2D eigenvalue weighted by Crippen LogP contribution is 2.19. The van der Waals surface area contributed by atoms with Crippen molar-refractivity contribution >= 4 is 21.7 Å². The first kappa shape index (κ1) is 17.9. The molecule has 0 saturated heterocycles. The third-order valence-corrected chi connectivity index (χ3v) is 4.80. The summed E-state index contributed by atoms with van der Waals surface area (Å²) in [4.78, 5) is 19.2. The van der Waals surface area contributed by atoms with Crippen molar-refractivity contribution in [1.82, 2.24) is 9.97 Å². The lowest BCUT2D eigenvalue weighted by Gasteiger charge is -2.20. The van der Waals surface area contributed by atoms with Crippen molar-refractivity contribution in [3.63, 3.8) is 0 Å². The third-order valence-electron chi connectivity index (χ3n) is 3.53. The van der Waals surface area contributed by atoms with E-state index < -0.39 is 16.0 Å². The number of sulfonamides is 1. The van der Waals surface area contributed by atoms with Crippen LogP contribution in [0.5, 0.6) is 0 Å². The molecule has 0 atom stereocenters. The molecule has 0 bridgehead atoms. The predicted molar refractivity (Wildman–Crippen MR) is 90.8 cm³/mol. The first-order valence-electron chi connectivity index (χ1n) is 7.34. The Morgan fingerprint density at radius 3 is 2.33 bits per heavy atom. The first-order chi connectivity index (χ1) is 11.2. The van der Waals surface area contributed by atoms with Gasteiger partial charge in [0.15, 0.2) is 0 Å². The standard InChI is InChI=1S/C16H19N3O4S/c1-4-19(24(3,22)23)13-7-5-12(6-8-13)9-15-17-10-14(16(20)21)11(2)18-15/h5-8,10H,4,9H2,1-3H3,(H,20,21). The van der Waals surface area contributed by atoms with Crippen molar-refractivity contribution < 1.29 is 18.3 Å². The molecule has 0 amide bonds. The summed E-state index contributed by atoms with van der Waals surface area (Å²) in [6.07, 6.45) is 2.91. The van der Waals surface area contributed by atoms with Gasteiger partial charge in [0.05, 0.1) is 23.2 Å². The van der Waals surface area contributed by atoms with Gasteiger partial charge in [0.2, 0.25) is 10.0 Å². The summed E-state index contributed by atoms with van der Waals surface area (Å²) in [6.45, 7) is 3.76. The molecule has 24 heavy (non-hydrogen) atoms. The summed E-state index contributed by atoms with van der Waals surface area (Å²) in [7, 11) is -3.31. The van der Waals surface area contributed by atoms with Crippen LogP contribution in [0.2, 0.25) is 0 Å². The average Bonchev–Trinajstić information content (AvgIpc) is 2.48. The number of hydrogen-bond acceptors (Lipinski definition) is 5. The van der Waals surface area contributed by atoms with Gasteiger partial charge in [0.1, 0.15) is 5.82 Å². The molecule has 8 heteroatoms. The van der Waals surface area contributed by atoms with E-state index in [1.54, 1.807) is 26.0 Å². The zero-order valence-electron chi connectivity index (χ0n) is 13.7. The maximum absolute atomic E-state index is 11.7. The Balaban J connectivity index is 2.20. The molecule has 0 radical (unpaired) electrons. The highest BCUT2D eigenvalue weighted by Gasteiger charge is 2.15. The number of aryl methyl sites for hydroxylation is 1. The largest absolute Gasteiger partial charge is 0.478 e. The van der Waals surface area contributed by atoms with E-state index in [4.69, 9.17) is 5.11 Å². The first-order valence-corrected chi connectivity index (χ1v) is 9.19. The van der Waals surface area contributed by atoms with Crippen LogP contribution >= 0.6 is 0 Å². The van der Waals surface area contributed by atoms with Crippen LogP contribution in [0.1, 0.15) is 34.4 Å². The maximum Gasteiger partial charge on any atom is 0.339 e. The number of anilines is 1. The average molecular weight is 349 g/mol. The molecule has 2 rings (SSSR count). The topological polar surface area (TPSA) is 100 Å². The quantitative estimate of drug-likeness (QED) is 0.854. The number of nitrogens with zero attached hydrogens (tertiary/aromatic N) is 3. The van der Waals surface area contributed by atoms with Crippen LogP contribution in [-0.2, 0) is 16.4 Å². The molecule has 1 heterocycles. The fraction of sp³-hybridized carbons (Fsp3) is 0.312. The van der Waals surface area contributed by atoms with Crippen molar-refractivity contribution in [3.05, 3.63) is 53.1 Å². The number of carbonyl (C=O) groups is 1. The van der Waals surface area contributed by atoms with E-state index in [0.717, 1.165) is 5.56 Å². The van der Waals surface area contributed by atoms with Crippen molar-refractivity contribution in [2.24, 2.45) is 0 Å². The van der Waals surface area contributed by atoms with E-state index in [1.807, 2.05) is 12.1 Å². The van der Waals surface area contributed by atoms with Crippen molar-refractivity contribution in [3.8, 4) is 0 Å². The van der Waals surface area contributed by atoms with Gasteiger partial charge in [-0.15, -0.1) is 0 Å². The van der Waals surface area contributed by atoms with Crippen molar-refractivity contribution in [2.45, 2.75) is 20.3 Å². The molecule has 0 spiro atoms. The second-order valence-electron chi connectivity index (χ2n) is 5.36. The zero-order valence-corrected chi connectivity index (χ0v) is 14.5. The SMILES string of the molecule is CCN(c1ccc(Cc2ncc(C(=O)O)c(C)n2)cc1)S(C)(=O)=O.